The lowest BCUT2D eigenvalue weighted by Crippen LogP contribution is -2.16. The van der Waals surface area contributed by atoms with Crippen molar-refractivity contribution < 1.29 is 9.47 Å². The van der Waals surface area contributed by atoms with Crippen molar-refractivity contribution in [2.45, 2.75) is 24.5 Å². The van der Waals surface area contributed by atoms with Gasteiger partial charge < -0.3 is 9.47 Å². The number of fused-ring (bicyclic) bond motifs is 1. The molecular weight excluding hydrogens is 220 g/mol. The van der Waals surface area contributed by atoms with Crippen LogP contribution in [-0.2, 0) is 12.8 Å². The summed E-state index contributed by atoms with van der Waals surface area (Å²) < 4.78 is 10.7. The highest BCUT2D eigenvalue weighted by molar-refractivity contribution is 7.99. The Morgan fingerprint density at radius 1 is 1.12 bits per heavy atom. The van der Waals surface area contributed by atoms with E-state index in [9.17, 15) is 0 Å². The molecule has 0 N–H and O–H groups in total. The number of rotatable bonds is 3. The standard InChI is InChI=1S/C13H18O2S/c1-14-12-7-9-4-5-11(16-3)6-10(9)8-13(12)15-2/h7-8,11H,4-6H2,1-3H3. The normalized spacial score (nSPS) is 19.1. The maximum Gasteiger partial charge on any atom is 0.161 e. The summed E-state index contributed by atoms with van der Waals surface area (Å²) in [6.07, 6.45) is 5.76. The highest BCUT2D eigenvalue weighted by Crippen LogP contribution is 2.36. The molecule has 1 atom stereocenters. The number of hydrogen-bond donors (Lipinski definition) is 0. The zero-order chi connectivity index (χ0) is 11.5. The summed E-state index contributed by atoms with van der Waals surface area (Å²) in [6, 6.07) is 4.27. The number of methoxy groups -OCH3 is 2. The summed E-state index contributed by atoms with van der Waals surface area (Å²) in [4.78, 5) is 0. The fourth-order valence-corrected chi connectivity index (χ4v) is 2.95. The number of benzene rings is 1. The second-order valence-electron chi connectivity index (χ2n) is 4.08. The fourth-order valence-electron chi connectivity index (χ4n) is 2.25. The molecule has 0 fully saturated rings. The topological polar surface area (TPSA) is 18.5 Å². The van der Waals surface area contributed by atoms with E-state index in [-0.39, 0.29) is 0 Å². The van der Waals surface area contributed by atoms with Gasteiger partial charge in [0.15, 0.2) is 11.5 Å². The van der Waals surface area contributed by atoms with Crippen LogP contribution < -0.4 is 9.47 Å². The van der Waals surface area contributed by atoms with Crippen molar-refractivity contribution in [3.8, 4) is 11.5 Å². The Morgan fingerprint density at radius 2 is 1.75 bits per heavy atom. The van der Waals surface area contributed by atoms with Gasteiger partial charge in [0.05, 0.1) is 14.2 Å². The zero-order valence-electron chi connectivity index (χ0n) is 10.1. The van der Waals surface area contributed by atoms with E-state index in [0.717, 1.165) is 29.6 Å². The third kappa shape index (κ3) is 2.14. The van der Waals surface area contributed by atoms with Crippen LogP contribution in [0.3, 0.4) is 0 Å². The first-order valence-corrected chi connectivity index (χ1v) is 6.83. The minimum absolute atomic E-state index is 0.755. The second kappa shape index (κ2) is 5.00. The van der Waals surface area contributed by atoms with Crippen LogP contribution in [0.1, 0.15) is 17.5 Å². The molecule has 0 heterocycles. The zero-order valence-corrected chi connectivity index (χ0v) is 10.9. The average molecular weight is 238 g/mol. The molecule has 16 heavy (non-hydrogen) atoms. The Kier molecular flexibility index (Phi) is 3.64. The van der Waals surface area contributed by atoms with Crippen LogP contribution in [0.4, 0.5) is 0 Å². The predicted molar refractivity (Wildman–Crippen MR) is 68.9 cm³/mol. The minimum Gasteiger partial charge on any atom is -0.493 e. The lowest BCUT2D eigenvalue weighted by atomic mass is 9.91. The first-order chi connectivity index (χ1) is 7.78. The molecule has 1 aromatic carbocycles. The molecular formula is C13H18O2S. The maximum atomic E-state index is 5.34. The van der Waals surface area contributed by atoms with Gasteiger partial charge in [-0.2, -0.15) is 11.8 Å². The van der Waals surface area contributed by atoms with Crippen molar-refractivity contribution in [1.29, 1.82) is 0 Å². The van der Waals surface area contributed by atoms with Gasteiger partial charge in [-0.1, -0.05) is 0 Å². The first kappa shape index (κ1) is 11.6. The molecule has 2 nitrogen and oxygen atoms in total. The third-order valence-corrected chi connectivity index (χ3v) is 4.29. The van der Waals surface area contributed by atoms with E-state index < -0.39 is 0 Å². The number of thioether (sulfide) groups is 1. The highest BCUT2D eigenvalue weighted by Gasteiger charge is 2.20. The largest absolute Gasteiger partial charge is 0.493 e. The lowest BCUT2D eigenvalue weighted by molar-refractivity contribution is 0.353. The molecule has 0 saturated heterocycles. The molecule has 1 aromatic rings. The smallest absolute Gasteiger partial charge is 0.161 e. The Morgan fingerprint density at radius 3 is 2.31 bits per heavy atom. The summed E-state index contributed by atoms with van der Waals surface area (Å²) >= 11 is 1.96. The van der Waals surface area contributed by atoms with Gasteiger partial charge in [0.25, 0.3) is 0 Å². The van der Waals surface area contributed by atoms with Gasteiger partial charge in [-0.15, -0.1) is 0 Å². The molecule has 0 spiro atoms. The molecule has 0 radical (unpaired) electrons. The van der Waals surface area contributed by atoms with Gasteiger partial charge in [-0.3, -0.25) is 0 Å². The molecule has 1 unspecified atom stereocenters. The van der Waals surface area contributed by atoms with Gasteiger partial charge in [-0.25, -0.2) is 0 Å². The third-order valence-electron chi connectivity index (χ3n) is 3.22. The average Bonchev–Trinajstić information content (AvgIpc) is 2.36. The molecule has 0 aromatic heterocycles. The Hall–Kier alpha value is -0.830. The number of hydrogen-bond acceptors (Lipinski definition) is 3. The van der Waals surface area contributed by atoms with E-state index >= 15 is 0 Å². The van der Waals surface area contributed by atoms with Gasteiger partial charge >= 0.3 is 0 Å². The summed E-state index contributed by atoms with van der Waals surface area (Å²) in [5.41, 5.74) is 2.84. The Balaban J connectivity index is 2.34. The van der Waals surface area contributed by atoms with Crippen molar-refractivity contribution in [1.82, 2.24) is 0 Å². The number of aryl methyl sites for hydroxylation is 1. The van der Waals surface area contributed by atoms with Crippen LogP contribution in [-0.4, -0.2) is 25.7 Å². The van der Waals surface area contributed by atoms with E-state index in [4.69, 9.17) is 9.47 Å². The molecule has 0 amide bonds. The van der Waals surface area contributed by atoms with Crippen molar-refractivity contribution >= 4 is 11.8 Å². The van der Waals surface area contributed by atoms with Crippen molar-refractivity contribution in [3.63, 3.8) is 0 Å². The molecule has 3 heteroatoms. The molecule has 88 valence electrons. The van der Waals surface area contributed by atoms with Crippen molar-refractivity contribution in [3.05, 3.63) is 23.3 Å². The van der Waals surface area contributed by atoms with Gasteiger partial charge in [0, 0.05) is 5.25 Å². The summed E-state index contributed by atoms with van der Waals surface area (Å²) in [6.45, 7) is 0. The van der Waals surface area contributed by atoms with Crippen molar-refractivity contribution in [2.75, 3.05) is 20.5 Å². The van der Waals surface area contributed by atoms with Gasteiger partial charge in [0.1, 0.15) is 0 Å². The number of ether oxygens (including phenoxy) is 2. The molecule has 1 aliphatic rings. The van der Waals surface area contributed by atoms with Crippen LogP contribution in [0.5, 0.6) is 11.5 Å². The van der Waals surface area contributed by atoms with E-state index in [1.165, 1.54) is 17.5 Å². The van der Waals surface area contributed by atoms with E-state index in [1.54, 1.807) is 14.2 Å². The highest BCUT2D eigenvalue weighted by atomic mass is 32.2. The van der Waals surface area contributed by atoms with E-state index in [1.807, 2.05) is 11.8 Å². The summed E-state index contributed by atoms with van der Waals surface area (Å²) in [7, 11) is 3.39. The molecule has 2 rings (SSSR count). The van der Waals surface area contributed by atoms with Crippen LogP contribution in [0.2, 0.25) is 0 Å². The van der Waals surface area contributed by atoms with Crippen LogP contribution >= 0.6 is 11.8 Å². The fraction of sp³-hybridized carbons (Fsp3) is 0.538. The van der Waals surface area contributed by atoms with Crippen LogP contribution in [0.15, 0.2) is 12.1 Å². The van der Waals surface area contributed by atoms with Gasteiger partial charge in [0.2, 0.25) is 0 Å². The molecule has 0 bridgehead atoms. The SMILES string of the molecule is COc1cc2c(cc1OC)CC(SC)CC2. The summed E-state index contributed by atoms with van der Waals surface area (Å²) in [5.74, 6) is 1.70. The lowest BCUT2D eigenvalue weighted by Gasteiger charge is -2.24. The maximum absolute atomic E-state index is 5.34. The minimum atomic E-state index is 0.755. The quantitative estimate of drug-likeness (QED) is 0.806. The van der Waals surface area contributed by atoms with E-state index in [2.05, 4.69) is 18.4 Å². The molecule has 0 aliphatic heterocycles. The molecule has 0 saturated carbocycles. The Bertz CT molecular complexity index is 376. The van der Waals surface area contributed by atoms with E-state index in [0.29, 0.717) is 0 Å². The van der Waals surface area contributed by atoms with Gasteiger partial charge in [-0.05, 0) is 48.8 Å². The predicted octanol–water partition coefficient (Wildman–Crippen LogP) is 2.92. The second-order valence-corrected chi connectivity index (χ2v) is 5.21. The van der Waals surface area contributed by atoms with Crippen molar-refractivity contribution in [2.24, 2.45) is 0 Å². The van der Waals surface area contributed by atoms with Crippen LogP contribution in [0.25, 0.3) is 0 Å². The summed E-state index contributed by atoms with van der Waals surface area (Å²) in [5, 5.41) is 0.755. The Labute approximate surface area is 101 Å². The monoisotopic (exact) mass is 238 g/mol. The molecule has 1 aliphatic carbocycles. The first-order valence-electron chi connectivity index (χ1n) is 5.55. The van der Waals surface area contributed by atoms with Crippen LogP contribution in [0, 0.1) is 0 Å².